The van der Waals surface area contributed by atoms with Crippen molar-refractivity contribution in [2.24, 2.45) is 0 Å². The minimum atomic E-state index is 0.365. The second-order valence-electron chi connectivity index (χ2n) is 1.26. The second-order valence-corrected chi connectivity index (χ2v) is 4.88. The molecule has 1 unspecified atom stereocenters. The van der Waals surface area contributed by atoms with Crippen LogP contribution in [0.3, 0.4) is 0 Å². The molecule has 1 atom stereocenters. The van der Waals surface area contributed by atoms with Crippen LogP contribution in [0.15, 0.2) is 0 Å². The highest BCUT2D eigenvalue weighted by molar-refractivity contribution is 7.62. The Morgan fingerprint density at radius 1 is 1.60 bits per heavy atom. The van der Waals surface area contributed by atoms with E-state index in [1.165, 1.54) is 5.90 Å². The summed E-state index contributed by atoms with van der Waals surface area (Å²) in [4.78, 5) is 0. The molecule has 0 N–H and O–H groups in total. The maximum absolute atomic E-state index is 2.72. The third-order valence-electron chi connectivity index (χ3n) is 0.365. The van der Waals surface area contributed by atoms with Gasteiger partial charge in [0.1, 0.15) is 0 Å². The van der Waals surface area contributed by atoms with E-state index in [-0.39, 0.29) is 0 Å². The van der Waals surface area contributed by atoms with Crippen molar-refractivity contribution in [3.63, 3.8) is 0 Å². The zero-order valence-corrected chi connectivity index (χ0v) is 5.78. The zero-order valence-electron chi connectivity index (χ0n) is 3.73. The zero-order chi connectivity index (χ0) is 4.28. The van der Waals surface area contributed by atoms with Gasteiger partial charge in [-0.2, -0.15) is 0 Å². The fourth-order valence-electron chi connectivity index (χ4n) is 0. The number of hydrogen-bond donors (Lipinski definition) is 0. The second kappa shape index (κ2) is 3.07. The van der Waals surface area contributed by atoms with Gasteiger partial charge in [-0.15, -0.1) is 17.2 Å². The van der Waals surface area contributed by atoms with E-state index in [4.69, 9.17) is 0 Å². The van der Waals surface area contributed by atoms with Gasteiger partial charge in [0.2, 0.25) is 0 Å². The molecule has 0 aliphatic heterocycles. The van der Waals surface area contributed by atoms with Crippen LogP contribution in [0, 0.1) is 0 Å². The first-order valence-corrected chi connectivity index (χ1v) is 4.86. The van der Waals surface area contributed by atoms with E-state index in [2.05, 4.69) is 22.6 Å². The Hall–Kier alpha value is 0.860. The van der Waals surface area contributed by atoms with Crippen molar-refractivity contribution >= 4 is 17.2 Å². The van der Waals surface area contributed by atoms with E-state index in [0.29, 0.717) is 7.92 Å². The molecule has 0 amide bonds. The lowest BCUT2D eigenvalue weighted by Crippen LogP contribution is -1.59. The summed E-state index contributed by atoms with van der Waals surface area (Å²) in [5, 5.41) is 0. The molecule has 2 heteroatoms. The largest absolute Gasteiger partial charge is 0.133 e. The van der Waals surface area contributed by atoms with E-state index in [1.807, 2.05) is 0 Å². The molecule has 0 rings (SSSR count). The minimum absolute atomic E-state index is 0.365. The molecule has 0 spiro atoms. The monoisotopic (exact) mass is 108 g/mol. The molecule has 0 aliphatic rings. The summed E-state index contributed by atoms with van der Waals surface area (Å²) in [6.45, 7) is 4.53. The van der Waals surface area contributed by atoms with Crippen LogP contribution >= 0.6 is 17.2 Å². The van der Waals surface area contributed by atoms with E-state index < -0.39 is 0 Å². The fraction of sp³-hybridized carbons (Fsp3) is 1.00. The van der Waals surface area contributed by atoms with Crippen LogP contribution < -0.4 is 0 Å². The molecule has 0 aliphatic carbocycles. The summed E-state index contributed by atoms with van der Waals surface area (Å²) in [6.07, 6.45) is 0. The van der Waals surface area contributed by atoms with Crippen molar-refractivity contribution in [2.75, 3.05) is 19.2 Å². The van der Waals surface area contributed by atoms with Crippen molar-refractivity contribution < 1.29 is 0 Å². The molecule has 0 aromatic heterocycles. The van der Waals surface area contributed by atoms with Gasteiger partial charge in [-0.3, -0.25) is 0 Å². The highest BCUT2D eigenvalue weighted by Crippen LogP contribution is 2.25. The average Bonchev–Trinajstić information content (AvgIpc) is 1.38. The predicted molar refractivity (Wildman–Crippen MR) is 33.3 cm³/mol. The van der Waals surface area contributed by atoms with E-state index in [9.17, 15) is 0 Å². The van der Waals surface area contributed by atoms with Gasteiger partial charge in [0.15, 0.2) is 0 Å². The minimum Gasteiger partial charge on any atom is -0.133 e. The summed E-state index contributed by atoms with van der Waals surface area (Å²) in [5.41, 5.74) is 0. The van der Waals surface area contributed by atoms with Crippen LogP contribution in [0.4, 0.5) is 0 Å². The van der Waals surface area contributed by atoms with Gasteiger partial charge in [-0.05, 0) is 19.2 Å². The summed E-state index contributed by atoms with van der Waals surface area (Å²) in [7, 11) is 3.09. The smallest absolute Gasteiger partial charge is 0.0181 e. The standard InChI is InChI=1S/C3H10P2/c1-5(2)3-4/h3-4H2,1-2H3. The van der Waals surface area contributed by atoms with Crippen LogP contribution in [-0.4, -0.2) is 19.2 Å². The van der Waals surface area contributed by atoms with Crippen LogP contribution in [-0.2, 0) is 0 Å². The quantitative estimate of drug-likeness (QED) is 0.447. The first-order valence-electron chi connectivity index (χ1n) is 1.62. The topological polar surface area (TPSA) is 0 Å². The molecule has 0 saturated heterocycles. The van der Waals surface area contributed by atoms with Crippen LogP contribution in [0.5, 0.6) is 0 Å². The van der Waals surface area contributed by atoms with E-state index in [0.717, 1.165) is 0 Å². The molecule has 0 radical (unpaired) electrons. The average molecular weight is 108 g/mol. The first-order chi connectivity index (χ1) is 2.27. The normalized spacial score (nSPS) is 9.60. The van der Waals surface area contributed by atoms with E-state index in [1.54, 1.807) is 0 Å². The van der Waals surface area contributed by atoms with E-state index >= 15 is 0 Å². The Kier molecular flexibility index (Phi) is 3.59. The van der Waals surface area contributed by atoms with Gasteiger partial charge in [0.05, 0.1) is 0 Å². The Bertz CT molecular complexity index is 18.9. The molecule has 0 fully saturated rings. The maximum atomic E-state index is 2.72. The summed E-state index contributed by atoms with van der Waals surface area (Å²) < 4.78 is 0. The maximum Gasteiger partial charge on any atom is -0.0181 e. The van der Waals surface area contributed by atoms with Gasteiger partial charge in [0, 0.05) is 0 Å². The molecule has 0 saturated carbocycles. The number of hydrogen-bond acceptors (Lipinski definition) is 0. The molecule has 0 heterocycles. The molecule has 0 aromatic rings. The van der Waals surface area contributed by atoms with Gasteiger partial charge < -0.3 is 0 Å². The Balaban J connectivity index is 2.54. The van der Waals surface area contributed by atoms with Gasteiger partial charge in [0.25, 0.3) is 0 Å². The van der Waals surface area contributed by atoms with Crippen LogP contribution in [0.25, 0.3) is 0 Å². The van der Waals surface area contributed by atoms with Crippen LogP contribution in [0.2, 0.25) is 0 Å². The van der Waals surface area contributed by atoms with Crippen molar-refractivity contribution in [3.05, 3.63) is 0 Å². The van der Waals surface area contributed by atoms with Crippen molar-refractivity contribution in [1.29, 1.82) is 0 Å². The molecule has 0 bridgehead atoms. The first kappa shape index (κ1) is 5.86. The fourth-order valence-corrected chi connectivity index (χ4v) is 0. The molecular formula is C3H10P2. The highest BCUT2D eigenvalue weighted by Gasteiger charge is 1.78. The van der Waals surface area contributed by atoms with Crippen molar-refractivity contribution in [2.45, 2.75) is 0 Å². The van der Waals surface area contributed by atoms with Crippen LogP contribution in [0.1, 0.15) is 0 Å². The predicted octanol–water partition coefficient (Wildman–Crippen LogP) is 1.56. The SMILES string of the molecule is CP(C)CP. The molecular weight excluding hydrogens is 98.0 g/mol. The third kappa shape index (κ3) is 4.86. The Morgan fingerprint density at radius 2 is 1.80 bits per heavy atom. The lowest BCUT2D eigenvalue weighted by molar-refractivity contribution is 2.05. The lowest BCUT2D eigenvalue weighted by Gasteiger charge is -1.92. The molecule has 5 heavy (non-hydrogen) atoms. The van der Waals surface area contributed by atoms with Crippen molar-refractivity contribution in [1.82, 2.24) is 0 Å². The molecule has 0 aromatic carbocycles. The van der Waals surface area contributed by atoms with Crippen molar-refractivity contribution in [3.8, 4) is 0 Å². The molecule has 32 valence electrons. The summed E-state index contributed by atoms with van der Waals surface area (Å²) in [6, 6.07) is 0. The summed E-state index contributed by atoms with van der Waals surface area (Å²) in [5.74, 6) is 1.29. The van der Waals surface area contributed by atoms with Gasteiger partial charge in [-0.25, -0.2) is 0 Å². The summed E-state index contributed by atoms with van der Waals surface area (Å²) >= 11 is 0. The Morgan fingerprint density at radius 3 is 1.80 bits per heavy atom. The lowest BCUT2D eigenvalue weighted by atomic mass is 11.8. The third-order valence-corrected chi connectivity index (χ3v) is 3.29. The van der Waals surface area contributed by atoms with Gasteiger partial charge >= 0.3 is 0 Å². The highest BCUT2D eigenvalue weighted by atomic mass is 31.2. The molecule has 0 nitrogen and oxygen atoms in total. The Labute approximate surface area is 37.3 Å². The number of rotatable bonds is 1. The van der Waals surface area contributed by atoms with Gasteiger partial charge in [-0.1, -0.05) is 0 Å².